The third-order valence-electron chi connectivity index (χ3n) is 4.48. The van der Waals surface area contributed by atoms with E-state index in [1.807, 2.05) is 0 Å². The molecule has 1 aliphatic heterocycles. The second-order valence-corrected chi connectivity index (χ2v) is 6.79. The predicted octanol–water partition coefficient (Wildman–Crippen LogP) is 2.73. The molecular weight excluding hydrogens is 228 g/mol. The van der Waals surface area contributed by atoms with Gasteiger partial charge in [0.2, 0.25) is 0 Å². The van der Waals surface area contributed by atoms with Gasteiger partial charge in [-0.05, 0) is 32.4 Å². The van der Waals surface area contributed by atoms with Gasteiger partial charge < -0.3 is 5.32 Å². The molecule has 0 spiro atoms. The number of piperazine rings is 1. The average molecular weight is 256 g/mol. The molecule has 2 fully saturated rings. The van der Waals surface area contributed by atoms with Crippen molar-refractivity contribution in [3.8, 4) is 0 Å². The third kappa shape index (κ3) is 3.18. The quantitative estimate of drug-likeness (QED) is 0.832. The molecule has 2 aliphatic rings. The van der Waals surface area contributed by atoms with Gasteiger partial charge in [0.15, 0.2) is 0 Å². The summed E-state index contributed by atoms with van der Waals surface area (Å²) in [6.07, 6.45) is 9.22. The molecule has 1 saturated carbocycles. The Balaban J connectivity index is 1.96. The van der Waals surface area contributed by atoms with Crippen molar-refractivity contribution in [1.29, 1.82) is 0 Å². The molecule has 1 aliphatic carbocycles. The highest BCUT2D eigenvalue weighted by molar-refractivity contribution is 7.99. The summed E-state index contributed by atoms with van der Waals surface area (Å²) < 4.78 is 0. The van der Waals surface area contributed by atoms with Crippen LogP contribution >= 0.6 is 11.8 Å². The van der Waals surface area contributed by atoms with Gasteiger partial charge in [0.05, 0.1) is 0 Å². The van der Waals surface area contributed by atoms with E-state index in [-0.39, 0.29) is 0 Å². The van der Waals surface area contributed by atoms with Crippen molar-refractivity contribution in [2.75, 3.05) is 19.3 Å². The topological polar surface area (TPSA) is 15.3 Å². The lowest BCUT2D eigenvalue weighted by molar-refractivity contribution is 0.0928. The highest BCUT2D eigenvalue weighted by atomic mass is 32.2. The van der Waals surface area contributed by atoms with Gasteiger partial charge in [0.25, 0.3) is 0 Å². The Labute approximate surface area is 111 Å². The Kier molecular flexibility index (Phi) is 5.19. The Morgan fingerprint density at radius 1 is 1.35 bits per heavy atom. The van der Waals surface area contributed by atoms with Crippen LogP contribution in [0.3, 0.4) is 0 Å². The molecule has 0 bridgehead atoms. The fourth-order valence-electron chi connectivity index (χ4n) is 3.52. The molecule has 0 amide bonds. The maximum Gasteiger partial charge on any atom is 0.0218 e. The Hall–Kier alpha value is 0.270. The van der Waals surface area contributed by atoms with Crippen LogP contribution in [0, 0.1) is 0 Å². The van der Waals surface area contributed by atoms with Crippen molar-refractivity contribution in [3.63, 3.8) is 0 Å². The lowest BCUT2D eigenvalue weighted by Crippen LogP contribution is -2.59. The van der Waals surface area contributed by atoms with Crippen molar-refractivity contribution in [3.05, 3.63) is 0 Å². The summed E-state index contributed by atoms with van der Waals surface area (Å²) in [4.78, 5) is 2.81. The molecule has 1 heterocycles. The Morgan fingerprint density at radius 3 is 2.88 bits per heavy atom. The number of rotatable bonds is 4. The van der Waals surface area contributed by atoms with E-state index in [1.54, 1.807) is 0 Å². The van der Waals surface area contributed by atoms with Crippen molar-refractivity contribution < 1.29 is 0 Å². The summed E-state index contributed by atoms with van der Waals surface area (Å²) in [5.41, 5.74) is 0. The third-order valence-corrected chi connectivity index (χ3v) is 5.64. The molecule has 17 heavy (non-hydrogen) atoms. The van der Waals surface area contributed by atoms with Crippen LogP contribution in [0.2, 0.25) is 0 Å². The van der Waals surface area contributed by atoms with Crippen LogP contribution in [-0.2, 0) is 0 Å². The molecule has 0 radical (unpaired) electrons. The van der Waals surface area contributed by atoms with Crippen molar-refractivity contribution in [1.82, 2.24) is 10.2 Å². The molecule has 3 heteroatoms. The van der Waals surface area contributed by atoms with E-state index in [4.69, 9.17) is 0 Å². The van der Waals surface area contributed by atoms with E-state index in [0.717, 1.165) is 23.4 Å². The van der Waals surface area contributed by atoms with Crippen molar-refractivity contribution in [2.24, 2.45) is 0 Å². The minimum Gasteiger partial charge on any atom is -0.311 e. The Bertz CT molecular complexity index is 234. The van der Waals surface area contributed by atoms with Gasteiger partial charge in [0, 0.05) is 36.5 Å². The SMILES string of the molecule is CCCC1CN(C2CCCC2SC)C(C)CN1. The van der Waals surface area contributed by atoms with Gasteiger partial charge in [-0.3, -0.25) is 4.90 Å². The molecule has 1 N–H and O–H groups in total. The summed E-state index contributed by atoms with van der Waals surface area (Å²) in [6.45, 7) is 7.15. The van der Waals surface area contributed by atoms with E-state index in [0.29, 0.717) is 0 Å². The van der Waals surface area contributed by atoms with Crippen molar-refractivity contribution >= 4 is 11.8 Å². The maximum atomic E-state index is 3.71. The van der Waals surface area contributed by atoms with Gasteiger partial charge >= 0.3 is 0 Å². The molecular formula is C14H28N2S. The highest BCUT2D eigenvalue weighted by Gasteiger charge is 2.36. The first-order valence-corrected chi connectivity index (χ1v) is 8.57. The van der Waals surface area contributed by atoms with Gasteiger partial charge in [-0.25, -0.2) is 0 Å². The zero-order valence-corrected chi connectivity index (χ0v) is 12.4. The fourth-order valence-corrected chi connectivity index (χ4v) is 4.53. The molecule has 1 saturated heterocycles. The molecule has 2 rings (SSSR count). The second-order valence-electron chi connectivity index (χ2n) is 5.71. The average Bonchev–Trinajstić information content (AvgIpc) is 2.80. The molecule has 4 atom stereocenters. The zero-order valence-electron chi connectivity index (χ0n) is 11.6. The number of nitrogens with zero attached hydrogens (tertiary/aromatic N) is 1. The van der Waals surface area contributed by atoms with Gasteiger partial charge in [0.1, 0.15) is 0 Å². The molecule has 2 nitrogen and oxygen atoms in total. The first kappa shape index (κ1) is 13.7. The van der Waals surface area contributed by atoms with Gasteiger partial charge in [-0.2, -0.15) is 11.8 Å². The zero-order chi connectivity index (χ0) is 12.3. The standard InChI is InChI=1S/C14H28N2S/c1-4-6-12-10-16(11(2)9-15-12)13-7-5-8-14(13)17-3/h11-15H,4-10H2,1-3H3. The smallest absolute Gasteiger partial charge is 0.0218 e. The van der Waals surface area contributed by atoms with E-state index >= 15 is 0 Å². The molecule has 100 valence electrons. The summed E-state index contributed by atoms with van der Waals surface area (Å²) in [5, 5.41) is 4.59. The molecule has 4 unspecified atom stereocenters. The summed E-state index contributed by atoms with van der Waals surface area (Å²) >= 11 is 2.09. The van der Waals surface area contributed by atoms with Crippen LogP contribution in [0.1, 0.15) is 46.0 Å². The number of nitrogens with one attached hydrogen (secondary N) is 1. The number of hydrogen-bond acceptors (Lipinski definition) is 3. The van der Waals surface area contributed by atoms with Gasteiger partial charge in [-0.15, -0.1) is 0 Å². The number of hydrogen-bond donors (Lipinski definition) is 1. The van der Waals surface area contributed by atoms with Crippen LogP contribution < -0.4 is 5.32 Å². The van der Waals surface area contributed by atoms with E-state index in [2.05, 4.69) is 42.1 Å². The van der Waals surface area contributed by atoms with Gasteiger partial charge in [-0.1, -0.05) is 19.8 Å². The molecule has 0 aromatic heterocycles. The first-order valence-electron chi connectivity index (χ1n) is 7.28. The summed E-state index contributed by atoms with van der Waals surface area (Å²) in [6, 6.07) is 2.31. The van der Waals surface area contributed by atoms with E-state index < -0.39 is 0 Å². The maximum absolute atomic E-state index is 3.71. The normalized spacial score (nSPS) is 39.7. The summed E-state index contributed by atoms with van der Waals surface area (Å²) in [7, 11) is 0. The predicted molar refractivity (Wildman–Crippen MR) is 77.8 cm³/mol. The van der Waals surface area contributed by atoms with E-state index in [9.17, 15) is 0 Å². The monoisotopic (exact) mass is 256 g/mol. The minimum atomic E-state index is 0.723. The van der Waals surface area contributed by atoms with Crippen molar-refractivity contribution in [2.45, 2.75) is 69.3 Å². The Morgan fingerprint density at radius 2 is 2.18 bits per heavy atom. The summed E-state index contributed by atoms with van der Waals surface area (Å²) in [5.74, 6) is 0. The fraction of sp³-hybridized carbons (Fsp3) is 1.00. The lowest BCUT2D eigenvalue weighted by Gasteiger charge is -2.44. The largest absolute Gasteiger partial charge is 0.311 e. The second kappa shape index (κ2) is 6.44. The first-order chi connectivity index (χ1) is 8.26. The molecule has 0 aromatic rings. The minimum absolute atomic E-state index is 0.723. The van der Waals surface area contributed by atoms with Crippen LogP contribution in [0.15, 0.2) is 0 Å². The number of thioether (sulfide) groups is 1. The molecule has 0 aromatic carbocycles. The highest BCUT2D eigenvalue weighted by Crippen LogP contribution is 2.34. The van der Waals surface area contributed by atoms with Crippen LogP contribution in [0.25, 0.3) is 0 Å². The van der Waals surface area contributed by atoms with Crippen LogP contribution in [-0.4, -0.2) is 47.6 Å². The lowest BCUT2D eigenvalue weighted by atomic mass is 10.0. The van der Waals surface area contributed by atoms with Crippen LogP contribution in [0.5, 0.6) is 0 Å². The van der Waals surface area contributed by atoms with Crippen LogP contribution in [0.4, 0.5) is 0 Å². The van der Waals surface area contributed by atoms with E-state index in [1.165, 1.54) is 45.2 Å².